The Labute approximate surface area is 279 Å². The number of nitro groups is 2. The zero-order chi connectivity index (χ0) is 33.0. The maximum absolute atomic E-state index is 11.1. The van der Waals surface area contributed by atoms with Gasteiger partial charge in [0.2, 0.25) is 0 Å². The summed E-state index contributed by atoms with van der Waals surface area (Å²) in [5.74, 6) is -0.554. The van der Waals surface area contributed by atoms with Crippen LogP contribution in [0.15, 0.2) is 56.8 Å². The number of hydrogen-bond acceptors (Lipinski definition) is 13. The molecule has 0 spiro atoms. The molecule has 0 aliphatic heterocycles. The van der Waals surface area contributed by atoms with Crippen LogP contribution < -0.4 is 0 Å². The Balaban J connectivity index is 0.000000182. The van der Waals surface area contributed by atoms with Crippen molar-refractivity contribution in [1.82, 2.24) is 19.9 Å². The number of nitro benzene ring substituents is 2. The first kappa shape index (κ1) is 32.6. The molecule has 232 valence electrons. The van der Waals surface area contributed by atoms with E-state index in [0.29, 0.717) is 28.1 Å². The Bertz CT molecular complexity index is 2060. The van der Waals surface area contributed by atoms with Crippen molar-refractivity contribution >= 4 is 56.7 Å². The van der Waals surface area contributed by atoms with Gasteiger partial charge in [0.25, 0.3) is 11.4 Å². The van der Waals surface area contributed by atoms with Crippen LogP contribution in [0, 0.1) is 59.3 Å². The highest BCUT2D eigenvalue weighted by molar-refractivity contribution is 7.10. The lowest BCUT2D eigenvalue weighted by molar-refractivity contribution is -0.385. The molecule has 0 aliphatic rings. The molecule has 1 unspecified atom stereocenters. The maximum Gasteiger partial charge on any atom is 0.272 e. The van der Waals surface area contributed by atoms with Gasteiger partial charge in [0.05, 0.1) is 31.9 Å². The minimum Gasteiger partial charge on any atom is -0.258 e. The number of thiazole rings is 4. The van der Waals surface area contributed by atoms with Crippen LogP contribution >= 0.6 is 45.3 Å². The fourth-order valence-electron chi connectivity index (χ4n) is 4.73. The van der Waals surface area contributed by atoms with Gasteiger partial charge in [0, 0.05) is 51.2 Å². The monoisotopic (exact) mass is 687 g/mol. The summed E-state index contributed by atoms with van der Waals surface area (Å²) >= 11 is 6.02. The van der Waals surface area contributed by atoms with Gasteiger partial charge in [-0.3, -0.25) is 20.2 Å². The lowest BCUT2D eigenvalue weighted by Crippen LogP contribution is -2.03. The number of aryl methyl sites for hydroxylation is 4. The van der Waals surface area contributed by atoms with Gasteiger partial charge in [-0.15, -0.1) is 45.3 Å². The Hall–Kier alpha value is -4.75. The third kappa shape index (κ3) is 7.21. The Kier molecular flexibility index (Phi) is 10.0. The Morgan fingerprint density at radius 3 is 1.87 bits per heavy atom. The van der Waals surface area contributed by atoms with Crippen molar-refractivity contribution in [1.29, 1.82) is 5.26 Å². The predicted octanol–water partition coefficient (Wildman–Crippen LogP) is 8.83. The summed E-state index contributed by atoms with van der Waals surface area (Å²) in [7, 11) is 0. The van der Waals surface area contributed by atoms with Crippen LogP contribution in [-0.2, 0) is 6.42 Å². The lowest BCUT2D eigenvalue weighted by atomic mass is 9.94. The molecule has 0 aliphatic carbocycles. The summed E-state index contributed by atoms with van der Waals surface area (Å²) in [6.45, 7) is 7.12. The highest BCUT2D eigenvalue weighted by Gasteiger charge is 2.23. The Morgan fingerprint density at radius 1 is 0.739 bits per heavy atom. The molecule has 0 radical (unpaired) electrons. The molecule has 0 fully saturated rings. The highest BCUT2D eigenvalue weighted by atomic mass is 32.1. The number of hydrogen-bond donors (Lipinski definition) is 0. The van der Waals surface area contributed by atoms with Crippen molar-refractivity contribution in [3.8, 4) is 28.8 Å². The zero-order valence-electron chi connectivity index (χ0n) is 25.0. The molecule has 11 nitrogen and oxygen atoms in total. The molecule has 4 heterocycles. The SMILES string of the molecule is Cc1cc([N+](=O)[O-])c(C)cc1C(C#N)c1nc(-c2cscn2)cs1.Cc1cc([N+](=O)[O-])c(C)cc1Cc1nc(-c2cscn2)cs1. The molecule has 0 N–H and O–H groups in total. The van der Waals surface area contributed by atoms with Crippen molar-refractivity contribution < 1.29 is 9.85 Å². The van der Waals surface area contributed by atoms with Crippen molar-refractivity contribution in [3.63, 3.8) is 0 Å². The molecule has 4 aromatic heterocycles. The van der Waals surface area contributed by atoms with E-state index in [2.05, 4.69) is 26.0 Å². The second-order valence-corrected chi connectivity index (χ2v) is 13.5. The topological polar surface area (TPSA) is 162 Å². The first-order chi connectivity index (χ1) is 22.0. The first-order valence-electron chi connectivity index (χ1n) is 13.6. The molecule has 0 saturated carbocycles. The number of rotatable bonds is 8. The van der Waals surface area contributed by atoms with Crippen molar-refractivity contribution in [2.75, 3.05) is 0 Å². The van der Waals surface area contributed by atoms with E-state index in [9.17, 15) is 25.5 Å². The van der Waals surface area contributed by atoms with Crippen molar-refractivity contribution in [3.05, 3.63) is 120 Å². The highest BCUT2D eigenvalue weighted by Crippen LogP contribution is 2.34. The standard InChI is InChI=1S/C16H12N4O2S2.C15H13N3O2S2/c1-9-4-15(20(21)22)10(2)3-11(9)12(5-17)16-19-14(7-24-16)13-6-23-8-18-13;1-9-4-14(18(19)20)10(2)3-11(9)5-15-17-13(7-22-15)12-6-21-8-16-12/h3-4,6-8,12H,1-2H3;3-4,6-8H,5H2,1-2H3. The minimum atomic E-state index is -0.554. The molecule has 6 rings (SSSR count). The van der Waals surface area contributed by atoms with E-state index in [1.807, 2.05) is 34.5 Å². The summed E-state index contributed by atoms with van der Waals surface area (Å²) < 4.78 is 0. The van der Waals surface area contributed by atoms with E-state index in [4.69, 9.17) is 0 Å². The normalized spacial score (nSPS) is 11.4. The van der Waals surface area contributed by atoms with Crippen molar-refractivity contribution in [2.45, 2.75) is 40.0 Å². The van der Waals surface area contributed by atoms with E-state index >= 15 is 0 Å². The van der Waals surface area contributed by atoms with E-state index in [-0.39, 0.29) is 16.3 Å². The quantitative estimate of drug-likeness (QED) is 0.112. The van der Waals surface area contributed by atoms with Gasteiger partial charge in [-0.1, -0.05) is 0 Å². The van der Waals surface area contributed by atoms with Crippen LogP contribution in [0.1, 0.15) is 49.3 Å². The fourth-order valence-corrected chi connectivity index (χ4v) is 7.50. The van der Waals surface area contributed by atoms with Crippen LogP contribution in [0.25, 0.3) is 22.8 Å². The minimum absolute atomic E-state index is 0.0650. The molecule has 0 amide bonds. The summed E-state index contributed by atoms with van der Waals surface area (Å²) in [5, 5.41) is 41.1. The maximum atomic E-state index is 11.1. The fraction of sp³-hybridized carbons (Fsp3) is 0.194. The van der Waals surface area contributed by atoms with Gasteiger partial charge in [-0.05, 0) is 62.1 Å². The van der Waals surface area contributed by atoms with Crippen LogP contribution in [0.5, 0.6) is 0 Å². The van der Waals surface area contributed by atoms with E-state index in [1.165, 1.54) is 28.7 Å². The molecule has 46 heavy (non-hydrogen) atoms. The second-order valence-electron chi connectivity index (χ2n) is 10.3. The van der Waals surface area contributed by atoms with E-state index < -0.39 is 10.8 Å². The number of nitrogens with zero attached hydrogens (tertiary/aromatic N) is 7. The molecule has 0 bridgehead atoms. The van der Waals surface area contributed by atoms with Crippen LogP contribution in [0.2, 0.25) is 0 Å². The zero-order valence-corrected chi connectivity index (χ0v) is 28.2. The summed E-state index contributed by atoms with van der Waals surface area (Å²) in [5.41, 5.74) is 11.7. The molecule has 1 atom stereocenters. The number of nitriles is 1. The molecule has 15 heteroatoms. The van der Waals surface area contributed by atoms with Gasteiger partial charge in [0.15, 0.2) is 0 Å². The lowest BCUT2D eigenvalue weighted by Gasteiger charge is -2.11. The van der Waals surface area contributed by atoms with E-state index in [1.54, 1.807) is 66.6 Å². The summed E-state index contributed by atoms with van der Waals surface area (Å²) in [4.78, 5) is 38.9. The van der Waals surface area contributed by atoms with Crippen LogP contribution in [-0.4, -0.2) is 29.8 Å². The third-order valence-corrected chi connectivity index (χ3v) is 10.1. The predicted molar refractivity (Wildman–Crippen MR) is 182 cm³/mol. The van der Waals surface area contributed by atoms with E-state index in [0.717, 1.165) is 44.5 Å². The number of aromatic nitrogens is 4. The summed E-state index contributed by atoms with van der Waals surface area (Å²) in [6.07, 6.45) is 0.680. The molecular formula is C31H25N7O4S4. The van der Waals surface area contributed by atoms with Gasteiger partial charge in [-0.25, -0.2) is 19.9 Å². The Morgan fingerprint density at radius 2 is 1.30 bits per heavy atom. The molecule has 2 aromatic carbocycles. The molecule has 0 saturated heterocycles. The average Bonchev–Trinajstić information content (AvgIpc) is 3.84. The first-order valence-corrected chi connectivity index (χ1v) is 17.3. The van der Waals surface area contributed by atoms with Gasteiger partial charge >= 0.3 is 0 Å². The van der Waals surface area contributed by atoms with Gasteiger partial charge in [0.1, 0.15) is 33.7 Å². The third-order valence-electron chi connectivity index (χ3n) is 7.12. The second kappa shape index (κ2) is 14.1. The largest absolute Gasteiger partial charge is 0.272 e. The van der Waals surface area contributed by atoms with Gasteiger partial charge in [-0.2, -0.15) is 5.26 Å². The van der Waals surface area contributed by atoms with Crippen LogP contribution in [0.3, 0.4) is 0 Å². The van der Waals surface area contributed by atoms with Crippen LogP contribution in [0.4, 0.5) is 11.4 Å². The molecule has 6 aromatic rings. The summed E-state index contributed by atoms with van der Waals surface area (Å²) in [6, 6.07) is 9.03. The van der Waals surface area contributed by atoms with Gasteiger partial charge < -0.3 is 0 Å². The average molecular weight is 688 g/mol. The smallest absolute Gasteiger partial charge is 0.258 e. The number of benzene rings is 2. The van der Waals surface area contributed by atoms with Crippen molar-refractivity contribution in [2.24, 2.45) is 0 Å². The molecular weight excluding hydrogens is 663 g/mol.